The third kappa shape index (κ3) is 3.81. The molecule has 0 saturated carbocycles. The lowest BCUT2D eigenvalue weighted by Crippen LogP contribution is -2.30. The fourth-order valence-corrected chi connectivity index (χ4v) is 1.84. The molecule has 1 atom stereocenters. The van der Waals surface area contributed by atoms with Gasteiger partial charge in [0.2, 0.25) is 0 Å². The topological polar surface area (TPSA) is 42.2 Å². The summed E-state index contributed by atoms with van der Waals surface area (Å²) in [4.78, 5) is 6.62. The Labute approximate surface area is 98.7 Å². The monoisotopic (exact) mass is 221 g/mol. The Morgan fingerprint density at radius 1 is 1.38 bits per heavy atom. The molecule has 1 unspecified atom stereocenters. The molecule has 3 nitrogen and oxygen atoms in total. The number of aromatic nitrogens is 1. The van der Waals surface area contributed by atoms with Gasteiger partial charge in [0.15, 0.2) is 0 Å². The van der Waals surface area contributed by atoms with E-state index in [1.54, 1.807) is 6.20 Å². The zero-order valence-corrected chi connectivity index (χ0v) is 10.8. The number of rotatable bonds is 5. The summed E-state index contributed by atoms with van der Waals surface area (Å²) in [6, 6.07) is 4.33. The van der Waals surface area contributed by atoms with Crippen LogP contribution in [0.3, 0.4) is 0 Å². The first-order valence-electron chi connectivity index (χ1n) is 5.90. The van der Waals surface area contributed by atoms with Gasteiger partial charge in [-0.05, 0) is 38.4 Å². The summed E-state index contributed by atoms with van der Waals surface area (Å²) in [5, 5.41) is 0. The van der Waals surface area contributed by atoms with Crippen LogP contribution >= 0.6 is 0 Å². The molecule has 16 heavy (non-hydrogen) atoms. The molecule has 90 valence electrons. The van der Waals surface area contributed by atoms with Crippen molar-refractivity contribution < 1.29 is 0 Å². The Kier molecular flexibility index (Phi) is 4.74. The first-order chi connectivity index (χ1) is 7.50. The van der Waals surface area contributed by atoms with Gasteiger partial charge in [0.05, 0.1) is 11.4 Å². The van der Waals surface area contributed by atoms with E-state index < -0.39 is 0 Å². The van der Waals surface area contributed by atoms with Crippen LogP contribution in [0.4, 0.5) is 5.69 Å². The van der Waals surface area contributed by atoms with Gasteiger partial charge in [0, 0.05) is 18.8 Å². The van der Waals surface area contributed by atoms with Gasteiger partial charge in [-0.3, -0.25) is 9.88 Å². The summed E-state index contributed by atoms with van der Waals surface area (Å²) in [6.07, 6.45) is 3.00. The molecule has 0 bridgehead atoms. The van der Waals surface area contributed by atoms with Crippen LogP contribution in [-0.2, 0) is 6.54 Å². The zero-order valence-electron chi connectivity index (χ0n) is 10.8. The predicted molar refractivity (Wildman–Crippen MR) is 69.0 cm³/mol. The zero-order chi connectivity index (χ0) is 12.1. The summed E-state index contributed by atoms with van der Waals surface area (Å²) in [5.74, 6) is 0.721. The number of pyridine rings is 1. The Morgan fingerprint density at radius 2 is 2.06 bits per heavy atom. The highest BCUT2D eigenvalue weighted by Crippen LogP contribution is 2.14. The third-order valence-electron chi connectivity index (χ3n) is 2.89. The van der Waals surface area contributed by atoms with Crippen LogP contribution in [0.1, 0.15) is 32.9 Å². The van der Waals surface area contributed by atoms with Gasteiger partial charge in [-0.2, -0.15) is 0 Å². The second kappa shape index (κ2) is 5.85. The molecule has 0 radical (unpaired) electrons. The van der Waals surface area contributed by atoms with E-state index >= 15 is 0 Å². The van der Waals surface area contributed by atoms with Crippen LogP contribution in [0, 0.1) is 5.92 Å². The van der Waals surface area contributed by atoms with Gasteiger partial charge in [-0.25, -0.2) is 0 Å². The van der Waals surface area contributed by atoms with Gasteiger partial charge in [0.25, 0.3) is 0 Å². The van der Waals surface area contributed by atoms with E-state index in [0.29, 0.717) is 6.04 Å². The van der Waals surface area contributed by atoms with Crippen molar-refractivity contribution in [3.63, 3.8) is 0 Å². The standard InChI is InChI=1S/C13H23N3/c1-10(2)8-11(3)16(4)9-13-12(14)6-5-7-15-13/h5-7,10-11H,8-9,14H2,1-4H3. The molecule has 1 aromatic rings. The van der Waals surface area contributed by atoms with Gasteiger partial charge in [0.1, 0.15) is 0 Å². The highest BCUT2D eigenvalue weighted by molar-refractivity contribution is 5.41. The fraction of sp³-hybridized carbons (Fsp3) is 0.615. The lowest BCUT2D eigenvalue weighted by Gasteiger charge is -2.26. The number of hydrogen-bond donors (Lipinski definition) is 1. The number of anilines is 1. The summed E-state index contributed by atoms with van der Waals surface area (Å²) >= 11 is 0. The lowest BCUT2D eigenvalue weighted by atomic mass is 10.0. The van der Waals surface area contributed by atoms with Crippen molar-refractivity contribution in [2.24, 2.45) is 5.92 Å². The van der Waals surface area contributed by atoms with Gasteiger partial charge >= 0.3 is 0 Å². The molecule has 0 amide bonds. The molecule has 0 spiro atoms. The predicted octanol–water partition coefficient (Wildman–Crippen LogP) is 2.53. The fourth-order valence-electron chi connectivity index (χ4n) is 1.84. The summed E-state index contributed by atoms with van der Waals surface area (Å²) in [6.45, 7) is 7.57. The van der Waals surface area contributed by atoms with Crippen molar-refractivity contribution in [3.05, 3.63) is 24.0 Å². The largest absolute Gasteiger partial charge is 0.397 e. The number of nitrogens with two attached hydrogens (primary N) is 1. The van der Waals surface area contributed by atoms with Crippen LogP contribution in [-0.4, -0.2) is 23.0 Å². The van der Waals surface area contributed by atoms with E-state index in [-0.39, 0.29) is 0 Å². The van der Waals surface area contributed by atoms with Crippen LogP contribution in [0.15, 0.2) is 18.3 Å². The maximum Gasteiger partial charge on any atom is 0.0772 e. The quantitative estimate of drug-likeness (QED) is 0.830. The molecule has 0 aliphatic carbocycles. The first-order valence-corrected chi connectivity index (χ1v) is 5.90. The molecule has 0 aromatic carbocycles. The number of hydrogen-bond acceptors (Lipinski definition) is 3. The SMILES string of the molecule is CC(C)CC(C)N(C)Cc1ncccc1N. The second-order valence-corrected chi connectivity index (χ2v) is 4.93. The first kappa shape index (κ1) is 13.0. The van der Waals surface area contributed by atoms with Crippen LogP contribution in [0.25, 0.3) is 0 Å². The smallest absolute Gasteiger partial charge is 0.0772 e. The van der Waals surface area contributed by atoms with Gasteiger partial charge in [-0.1, -0.05) is 13.8 Å². The summed E-state index contributed by atoms with van der Waals surface area (Å²) in [7, 11) is 2.13. The Bertz CT molecular complexity index is 323. The molecule has 3 heteroatoms. The summed E-state index contributed by atoms with van der Waals surface area (Å²) < 4.78 is 0. The molecule has 1 aromatic heterocycles. The Balaban J connectivity index is 2.57. The van der Waals surface area contributed by atoms with Crippen LogP contribution in [0.2, 0.25) is 0 Å². The van der Waals surface area contributed by atoms with Gasteiger partial charge < -0.3 is 5.73 Å². The van der Waals surface area contributed by atoms with E-state index in [2.05, 4.69) is 37.7 Å². The molecule has 0 saturated heterocycles. The average Bonchev–Trinajstić information content (AvgIpc) is 2.20. The van der Waals surface area contributed by atoms with Crippen molar-refractivity contribution in [1.29, 1.82) is 0 Å². The third-order valence-corrected chi connectivity index (χ3v) is 2.89. The Morgan fingerprint density at radius 3 is 2.62 bits per heavy atom. The second-order valence-electron chi connectivity index (χ2n) is 4.93. The number of nitrogen functional groups attached to an aromatic ring is 1. The minimum Gasteiger partial charge on any atom is -0.397 e. The minimum atomic E-state index is 0.557. The lowest BCUT2D eigenvalue weighted by molar-refractivity contribution is 0.219. The molecule has 0 fully saturated rings. The molecule has 0 aliphatic heterocycles. The van der Waals surface area contributed by atoms with Crippen LogP contribution in [0.5, 0.6) is 0 Å². The van der Waals surface area contributed by atoms with Crippen molar-refractivity contribution in [2.75, 3.05) is 12.8 Å². The van der Waals surface area contributed by atoms with E-state index in [4.69, 9.17) is 5.73 Å². The normalized spacial score (nSPS) is 13.4. The molecular weight excluding hydrogens is 198 g/mol. The molecule has 1 rings (SSSR count). The minimum absolute atomic E-state index is 0.557. The van der Waals surface area contributed by atoms with Crippen molar-refractivity contribution in [3.8, 4) is 0 Å². The van der Waals surface area contributed by atoms with Gasteiger partial charge in [-0.15, -0.1) is 0 Å². The molecular formula is C13H23N3. The number of nitrogens with zero attached hydrogens (tertiary/aromatic N) is 2. The van der Waals surface area contributed by atoms with E-state index in [1.165, 1.54) is 6.42 Å². The molecule has 1 heterocycles. The highest BCUT2D eigenvalue weighted by atomic mass is 15.1. The Hall–Kier alpha value is -1.09. The molecule has 2 N–H and O–H groups in total. The van der Waals surface area contributed by atoms with E-state index in [0.717, 1.165) is 23.8 Å². The average molecular weight is 221 g/mol. The highest BCUT2D eigenvalue weighted by Gasteiger charge is 2.12. The van der Waals surface area contributed by atoms with Crippen molar-refractivity contribution in [2.45, 2.75) is 39.8 Å². The maximum atomic E-state index is 5.88. The summed E-state index contributed by atoms with van der Waals surface area (Å²) in [5.41, 5.74) is 7.64. The maximum absolute atomic E-state index is 5.88. The van der Waals surface area contributed by atoms with Crippen LogP contribution < -0.4 is 5.73 Å². The van der Waals surface area contributed by atoms with E-state index in [9.17, 15) is 0 Å². The van der Waals surface area contributed by atoms with E-state index in [1.807, 2.05) is 12.1 Å². The molecule has 0 aliphatic rings. The van der Waals surface area contributed by atoms with Crippen molar-refractivity contribution in [1.82, 2.24) is 9.88 Å². The van der Waals surface area contributed by atoms with Crippen molar-refractivity contribution >= 4 is 5.69 Å².